The van der Waals surface area contributed by atoms with Gasteiger partial charge in [-0.1, -0.05) is 30.3 Å². The average molecular weight is 218 g/mol. The van der Waals surface area contributed by atoms with Crippen molar-refractivity contribution in [3.63, 3.8) is 0 Å². The van der Waals surface area contributed by atoms with Gasteiger partial charge in [-0.3, -0.25) is 0 Å². The second-order valence-electron chi connectivity index (χ2n) is 5.62. The fourth-order valence-electron chi connectivity index (χ4n) is 3.63. The summed E-state index contributed by atoms with van der Waals surface area (Å²) < 4.78 is 1.12. The Morgan fingerprint density at radius 3 is 2.81 bits per heavy atom. The number of aliphatic hydroxyl groups is 1. The number of fused-ring (bicyclic) bond motifs is 2. The van der Waals surface area contributed by atoms with Gasteiger partial charge in [0.25, 0.3) is 0 Å². The maximum absolute atomic E-state index is 9.92. The SMILES string of the molecule is OC1CC2CC[N+](Cc3ccccc3)(C1)C2. The third-order valence-electron chi connectivity index (χ3n) is 4.22. The molecule has 0 aliphatic carbocycles. The van der Waals surface area contributed by atoms with Crippen LogP contribution < -0.4 is 0 Å². The largest absolute Gasteiger partial charge is 0.387 e. The molecule has 16 heavy (non-hydrogen) atoms. The van der Waals surface area contributed by atoms with Gasteiger partial charge < -0.3 is 9.59 Å². The predicted molar refractivity (Wildman–Crippen MR) is 63.7 cm³/mol. The monoisotopic (exact) mass is 218 g/mol. The molecule has 2 saturated heterocycles. The van der Waals surface area contributed by atoms with Crippen LogP contribution in [0.5, 0.6) is 0 Å². The third-order valence-corrected chi connectivity index (χ3v) is 4.22. The van der Waals surface area contributed by atoms with E-state index in [9.17, 15) is 5.11 Å². The van der Waals surface area contributed by atoms with Gasteiger partial charge in [-0.25, -0.2) is 0 Å². The summed E-state index contributed by atoms with van der Waals surface area (Å²) in [6, 6.07) is 10.7. The molecule has 2 heteroatoms. The van der Waals surface area contributed by atoms with E-state index < -0.39 is 0 Å². The molecule has 0 aromatic heterocycles. The van der Waals surface area contributed by atoms with Gasteiger partial charge in [0.05, 0.1) is 13.1 Å². The Morgan fingerprint density at radius 1 is 1.19 bits per heavy atom. The van der Waals surface area contributed by atoms with Gasteiger partial charge in [0, 0.05) is 17.9 Å². The molecule has 3 rings (SSSR count). The first kappa shape index (κ1) is 10.3. The van der Waals surface area contributed by atoms with Gasteiger partial charge in [-0.05, 0) is 6.42 Å². The van der Waals surface area contributed by atoms with Gasteiger partial charge in [0.1, 0.15) is 19.2 Å². The highest BCUT2D eigenvalue weighted by Gasteiger charge is 2.44. The summed E-state index contributed by atoms with van der Waals surface area (Å²) in [7, 11) is 0. The maximum Gasteiger partial charge on any atom is 0.105 e. The Morgan fingerprint density at radius 2 is 2.00 bits per heavy atom. The lowest BCUT2D eigenvalue weighted by Gasteiger charge is -2.39. The third kappa shape index (κ3) is 1.87. The van der Waals surface area contributed by atoms with Crippen molar-refractivity contribution in [3.8, 4) is 0 Å². The Kier molecular flexibility index (Phi) is 2.49. The highest BCUT2D eigenvalue weighted by Crippen LogP contribution is 2.35. The van der Waals surface area contributed by atoms with E-state index in [1.807, 2.05) is 0 Å². The molecule has 2 heterocycles. The summed E-state index contributed by atoms with van der Waals surface area (Å²) in [5.74, 6) is 0.771. The van der Waals surface area contributed by atoms with Crippen LogP contribution in [0.4, 0.5) is 0 Å². The minimum absolute atomic E-state index is 0.0648. The van der Waals surface area contributed by atoms with Crippen LogP contribution in [0.15, 0.2) is 30.3 Å². The summed E-state index contributed by atoms with van der Waals surface area (Å²) in [5, 5.41) is 9.92. The molecule has 2 nitrogen and oxygen atoms in total. The molecule has 1 N–H and O–H groups in total. The Hall–Kier alpha value is -0.860. The van der Waals surface area contributed by atoms with Crippen molar-refractivity contribution in [1.82, 2.24) is 0 Å². The summed E-state index contributed by atoms with van der Waals surface area (Å²) in [6.07, 6.45) is 2.28. The normalized spacial score (nSPS) is 37.6. The quantitative estimate of drug-likeness (QED) is 0.750. The fraction of sp³-hybridized carbons (Fsp3) is 0.571. The standard InChI is InChI=1S/C14H20NO/c16-14-8-13-6-7-15(10-13,11-14)9-12-4-2-1-3-5-12/h1-5,13-14,16H,6-11H2/q+1. The molecule has 86 valence electrons. The van der Waals surface area contributed by atoms with Gasteiger partial charge >= 0.3 is 0 Å². The van der Waals surface area contributed by atoms with Crippen molar-refractivity contribution < 1.29 is 9.59 Å². The zero-order valence-electron chi connectivity index (χ0n) is 9.68. The second kappa shape index (κ2) is 3.86. The highest BCUT2D eigenvalue weighted by molar-refractivity contribution is 5.13. The lowest BCUT2D eigenvalue weighted by Crippen LogP contribution is -2.52. The van der Waals surface area contributed by atoms with Gasteiger partial charge in [-0.2, -0.15) is 0 Å². The number of piperidine rings is 1. The number of hydrogen-bond acceptors (Lipinski definition) is 1. The molecule has 0 saturated carbocycles. The molecule has 2 aliphatic heterocycles. The smallest absolute Gasteiger partial charge is 0.105 e. The van der Waals surface area contributed by atoms with E-state index in [2.05, 4.69) is 30.3 Å². The minimum atomic E-state index is -0.0648. The van der Waals surface area contributed by atoms with Crippen molar-refractivity contribution in [3.05, 3.63) is 35.9 Å². The lowest BCUT2D eigenvalue weighted by atomic mass is 9.97. The molecule has 0 radical (unpaired) electrons. The van der Waals surface area contributed by atoms with Gasteiger partial charge in [-0.15, -0.1) is 0 Å². The fourth-order valence-corrected chi connectivity index (χ4v) is 3.63. The molecular weight excluding hydrogens is 198 g/mol. The zero-order valence-corrected chi connectivity index (χ0v) is 9.68. The van der Waals surface area contributed by atoms with E-state index >= 15 is 0 Å². The van der Waals surface area contributed by atoms with E-state index in [0.717, 1.165) is 29.9 Å². The molecule has 3 unspecified atom stereocenters. The van der Waals surface area contributed by atoms with Crippen LogP contribution in [0.25, 0.3) is 0 Å². The first-order valence-electron chi connectivity index (χ1n) is 6.33. The first-order valence-corrected chi connectivity index (χ1v) is 6.33. The van der Waals surface area contributed by atoms with Crippen molar-refractivity contribution >= 4 is 0 Å². The van der Waals surface area contributed by atoms with Crippen LogP contribution in [-0.2, 0) is 6.54 Å². The lowest BCUT2D eigenvalue weighted by molar-refractivity contribution is -0.937. The van der Waals surface area contributed by atoms with Crippen LogP contribution in [0.3, 0.4) is 0 Å². The second-order valence-corrected chi connectivity index (χ2v) is 5.62. The van der Waals surface area contributed by atoms with Crippen molar-refractivity contribution in [1.29, 1.82) is 0 Å². The van der Waals surface area contributed by atoms with Crippen molar-refractivity contribution in [2.24, 2.45) is 5.92 Å². The molecule has 3 atom stereocenters. The Bertz CT molecular complexity index is 364. The van der Waals surface area contributed by atoms with E-state index in [0.29, 0.717) is 0 Å². The molecule has 0 spiro atoms. The van der Waals surface area contributed by atoms with Crippen LogP contribution >= 0.6 is 0 Å². The number of rotatable bonds is 2. The molecule has 0 amide bonds. The van der Waals surface area contributed by atoms with Crippen LogP contribution in [0.1, 0.15) is 18.4 Å². The topological polar surface area (TPSA) is 20.2 Å². The highest BCUT2D eigenvalue weighted by atomic mass is 16.3. The number of nitrogens with zero attached hydrogens (tertiary/aromatic N) is 1. The van der Waals surface area contributed by atoms with Crippen molar-refractivity contribution in [2.75, 3.05) is 19.6 Å². The summed E-state index contributed by atoms with van der Waals surface area (Å²) in [6.45, 7) is 4.61. The minimum Gasteiger partial charge on any atom is -0.387 e. The molecular formula is C14H20NO+. The number of quaternary nitrogens is 1. The number of aliphatic hydroxyl groups excluding tert-OH is 1. The average Bonchev–Trinajstić information content (AvgIpc) is 2.55. The Labute approximate surface area is 97.1 Å². The van der Waals surface area contributed by atoms with E-state index in [4.69, 9.17) is 0 Å². The van der Waals surface area contributed by atoms with Crippen LogP contribution in [0.2, 0.25) is 0 Å². The van der Waals surface area contributed by atoms with E-state index in [-0.39, 0.29) is 6.10 Å². The summed E-state index contributed by atoms with van der Waals surface area (Å²) in [4.78, 5) is 0. The summed E-state index contributed by atoms with van der Waals surface area (Å²) >= 11 is 0. The molecule has 2 fully saturated rings. The molecule has 1 aromatic carbocycles. The van der Waals surface area contributed by atoms with Gasteiger partial charge in [0.15, 0.2) is 0 Å². The summed E-state index contributed by atoms with van der Waals surface area (Å²) in [5.41, 5.74) is 1.41. The zero-order chi connectivity index (χ0) is 11.0. The first-order chi connectivity index (χ1) is 7.76. The number of hydrogen-bond donors (Lipinski definition) is 1. The molecule has 2 aliphatic rings. The van der Waals surface area contributed by atoms with Crippen LogP contribution in [0, 0.1) is 5.92 Å². The maximum atomic E-state index is 9.92. The predicted octanol–water partition coefficient (Wildman–Crippen LogP) is 1.79. The Balaban J connectivity index is 1.79. The number of benzene rings is 1. The van der Waals surface area contributed by atoms with E-state index in [1.54, 1.807) is 0 Å². The van der Waals surface area contributed by atoms with Gasteiger partial charge in [0.2, 0.25) is 0 Å². The van der Waals surface area contributed by atoms with Crippen LogP contribution in [-0.4, -0.2) is 35.3 Å². The molecule has 1 aromatic rings. The molecule has 2 bridgehead atoms. The van der Waals surface area contributed by atoms with E-state index in [1.165, 1.54) is 25.1 Å². The van der Waals surface area contributed by atoms with Crippen molar-refractivity contribution in [2.45, 2.75) is 25.5 Å².